The Hall–Kier alpha value is -2.96. The fourth-order valence-corrected chi connectivity index (χ4v) is 2.90. The van der Waals surface area contributed by atoms with Crippen LogP contribution in [0.2, 0.25) is 0 Å². The SMILES string of the molecule is Cc1ccc2nc(C)cc(NCCNC(=O)CC(C)n3cncn3)c2c1. The van der Waals surface area contributed by atoms with Crippen molar-refractivity contribution in [3.8, 4) is 0 Å². The first-order valence-corrected chi connectivity index (χ1v) is 8.75. The molecular weight excluding hydrogens is 328 g/mol. The summed E-state index contributed by atoms with van der Waals surface area (Å²) < 4.78 is 1.69. The lowest BCUT2D eigenvalue weighted by molar-refractivity contribution is -0.121. The minimum Gasteiger partial charge on any atom is -0.383 e. The third-order valence-electron chi connectivity index (χ3n) is 4.22. The number of aryl methyl sites for hydroxylation is 2. The summed E-state index contributed by atoms with van der Waals surface area (Å²) >= 11 is 0. The fraction of sp³-hybridized carbons (Fsp3) is 0.368. The largest absolute Gasteiger partial charge is 0.383 e. The summed E-state index contributed by atoms with van der Waals surface area (Å²) in [6.45, 7) is 7.20. The molecule has 0 saturated carbocycles. The van der Waals surface area contributed by atoms with Gasteiger partial charge in [-0.3, -0.25) is 9.78 Å². The Morgan fingerprint density at radius 3 is 2.85 bits per heavy atom. The number of carbonyl (C=O) groups is 1. The Bertz CT molecular complexity index is 890. The van der Waals surface area contributed by atoms with Gasteiger partial charge in [-0.25, -0.2) is 9.67 Å². The number of aromatic nitrogens is 4. The van der Waals surface area contributed by atoms with Crippen LogP contribution >= 0.6 is 0 Å². The molecule has 2 aromatic heterocycles. The first kappa shape index (κ1) is 17.8. The van der Waals surface area contributed by atoms with Crippen LogP contribution in [0.3, 0.4) is 0 Å². The van der Waals surface area contributed by atoms with E-state index in [4.69, 9.17) is 0 Å². The van der Waals surface area contributed by atoms with Gasteiger partial charge in [-0.05, 0) is 39.0 Å². The summed E-state index contributed by atoms with van der Waals surface area (Å²) in [5.74, 6) is 0.00131. The van der Waals surface area contributed by atoms with Crippen LogP contribution in [-0.2, 0) is 4.79 Å². The van der Waals surface area contributed by atoms with E-state index in [2.05, 4.69) is 44.8 Å². The van der Waals surface area contributed by atoms with Gasteiger partial charge in [0.15, 0.2) is 0 Å². The number of nitrogens with one attached hydrogen (secondary N) is 2. The van der Waals surface area contributed by atoms with Crippen LogP contribution in [0.1, 0.15) is 30.6 Å². The molecule has 1 atom stereocenters. The van der Waals surface area contributed by atoms with Crippen LogP contribution in [-0.4, -0.2) is 38.7 Å². The van der Waals surface area contributed by atoms with Crippen LogP contribution in [0, 0.1) is 13.8 Å². The number of benzene rings is 1. The lowest BCUT2D eigenvalue weighted by Gasteiger charge is -2.13. The van der Waals surface area contributed by atoms with Crippen molar-refractivity contribution in [2.75, 3.05) is 18.4 Å². The maximum Gasteiger partial charge on any atom is 0.222 e. The maximum atomic E-state index is 12.1. The Morgan fingerprint density at radius 2 is 2.08 bits per heavy atom. The highest BCUT2D eigenvalue weighted by molar-refractivity contribution is 5.92. The van der Waals surface area contributed by atoms with Crippen molar-refractivity contribution in [1.29, 1.82) is 0 Å². The van der Waals surface area contributed by atoms with Gasteiger partial charge in [0, 0.05) is 36.3 Å². The highest BCUT2D eigenvalue weighted by Crippen LogP contribution is 2.24. The molecule has 7 nitrogen and oxygen atoms in total. The summed E-state index contributed by atoms with van der Waals surface area (Å²) in [5.41, 5.74) is 4.18. The zero-order valence-corrected chi connectivity index (χ0v) is 15.4. The van der Waals surface area contributed by atoms with Gasteiger partial charge in [-0.15, -0.1) is 0 Å². The van der Waals surface area contributed by atoms with E-state index in [1.165, 1.54) is 11.9 Å². The number of hydrogen-bond acceptors (Lipinski definition) is 5. The third kappa shape index (κ3) is 4.36. The molecule has 0 fully saturated rings. The number of nitrogens with zero attached hydrogens (tertiary/aromatic N) is 4. The molecule has 136 valence electrons. The molecule has 1 amide bonds. The number of hydrogen-bond donors (Lipinski definition) is 2. The van der Waals surface area contributed by atoms with Gasteiger partial charge in [-0.1, -0.05) is 11.6 Å². The van der Waals surface area contributed by atoms with Gasteiger partial charge in [0.2, 0.25) is 5.91 Å². The Labute approximate surface area is 152 Å². The number of anilines is 1. The van der Waals surface area contributed by atoms with Crippen LogP contribution in [0.25, 0.3) is 10.9 Å². The van der Waals surface area contributed by atoms with Crippen LogP contribution in [0.5, 0.6) is 0 Å². The molecule has 0 aliphatic heterocycles. The van der Waals surface area contributed by atoms with Gasteiger partial charge >= 0.3 is 0 Å². The molecule has 0 spiro atoms. The predicted octanol–water partition coefficient (Wildman–Crippen LogP) is 2.62. The zero-order chi connectivity index (χ0) is 18.5. The molecule has 0 bridgehead atoms. The summed E-state index contributed by atoms with van der Waals surface area (Å²) in [7, 11) is 0. The van der Waals surface area contributed by atoms with E-state index in [-0.39, 0.29) is 11.9 Å². The van der Waals surface area contributed by atoms with Crippen molar-refractivity contribution in [3.63, 3.8) is 0 Å². The van der Waals surface area contributed by atoms with E-state index in [1.54, 1.807) is 11.0 Å². The highest BCUT2D eigenvalue weighted by Gasteiger charge is 2.11. The van der Waals surface area contributed by atoms with Crippen LogP contribution in [0.4, 0.5) is 5.69 Å². The number of rotatable bonds is 7. The summed E-state index contributed by atoms with van der Waals surface area (Å²) in [4.78, 5) is 20.5. The number of carbonyl (C=O) groups excluding carboxylic acids is 1. The fourth-order valence-electron chi connectivity index (χ4n) is 2.90. The Balaban J connectivity index is 1.53. The molecular formula is C19H24N6O. The van der Waals surface area contributed by atoms with Crippen molar-refractivity contribution in [2.24, 2.45) is 0 Å². The first-order chi connectivity index (χ1) is 12.5. The zero-order valence-electron chi connectivity index (χ0n) is 15.4. The van der Waals surface area contributed by atoms with Gasteiger partial charge in [0.25, 0.3) is 0 Å². The number of fused-ring (bicyclic) bond motifs is 1. The van der Waals surface area contributed by atoms with Gasteiger partial charge < -0.3 is 10.6 Å². The van der Waals surface area contributed by atoms with E-state index in [9.17, 15) is 4.79 Å². The molecule has 1 unspecified atom stereocenters. The maximum absolute atomic E-state index is 12.1. The minimum absolute atomic E-state index is 0.00131. The Kier molecular flexibility index (Phi) is 5.46. The smallest absolute Gasteiger partial charge is 0.222 e. The summed E-state index contributed by atoms with van der Waals surface area (Å²) in [5, 5.41) is 11.5. The average Bonchev–Trinajstić information content (AvgIpc) is 3.14. The predicted molar refractivity (Wildman–Crippen MR) is 102 cm³/mol. The van der Waals surface area contributed by atoms with Crippen molar-refractivity contribution >= 4 is 22.5 Å². The van der Waals surface area contributed by atoms with E-state index < -0.39 is 0 Å². The summed E-state index contributed by atoms with van der Waals surface area (Å²) in [6.07, 6.45) is 3.47. The van der Waals surface area contributed by atoms with Crippen molar-refractivity contribution in [1.82, 2.24) is 25.1 Å². The second-order valence-electron chi connectivity index (χ2n) is 6.54. The van der Waals surface area contributed by atoms with E-state index >= 15 is 0 Å². The molecule has 3 aromatic rings. The molecule has 2 heterocycles. The van der Waals surface area contributed by atoms with E-state index in [0.29, 0.717) is 19.5 Å². The highest BCUT2D eigenvalue weighted by atomic mass is 16.1. The lowest BCUT2D eigenvalue weighted by atomic mass is 10.1. The monoisotopic (exact) mass is 352 g/mol. The third-order valence-corrected chi connectivity index (χ3v) is 4.22. The van der Waals surface area contributed by atoms with Crippen molar-refractivity contribution < 1.29 is 4.79 Å². The van der Waals surface area contributed by atoms with Crippen molar-refractivity contribution in [2.45, 2.75) is 33.2 Å². The number of amides is 1. The quantitative estimate of drug-likeness (QED) is 0.639. The van der Waals surface area contributed by atoms with Crippen LogP contribution in [0.15, 0.2) is 36.9 Å². The molecule has 0 aliphatic carbocycles. The van der Waals surface area contributed by atoms with Crippen LogP contribution < -0.4 is 10.6 Å². The molecule has 2 N–H and O–H groups in total. The molecule has 3 rings (SSSR count). The molecule has 26 heavy (non-hydrogen) atoms. The minimum atomic E-state index is -0.0137. The molecule has 0 saturated heterocycles. The standard InChI is InChI=1S/C19H24N6O/c1-13-4-5-17-16(8-13)18(9-14(2)24-17)21-6-7-22-19(26)10-15(3)25-12-20-11-23-25/h4-5,8-9,11-12,15H,6-7,10H2,1-3H3,(H,21,24)(H,22,26). The molecule has 7 heteroatoms. The molecule has 1 aromatic carbocycles. The average molecular weight is 352 g/mol. The molecule has 0 radical (unpaired) electrons. The van der Waals surface area contributed by atoms with Crippen molar-refractivity contribution in [3.05, 3.63) is 48.2 Å². The second kappa shape index (κ2) is 7.95. The Morgan fingerprint density at radius 1 is 1.23 bits per heavy atom. The van der Waals surface area contributed by atoms with E-state index in [0.717, 1.165) is 22.3 Å². The van der Waals surface area contributed by atoms with Gasteiger partial charge in [0.05, 0.1) is 11.6 Å². The normalized spacial score (nSPS) is 12.1. The van der Waals surface area contributed by atoms with E-state index in [1.807, 2.05) is 26.0 Å². The number of pyridine rings is 1. The first-order valence-electron chi connectivity index (χ1n) is 8.75. The van der Waals surface area contributed by atoms with Gasteiger partial charge in [-0.2, -0.15) is 5.10 Å². The molecule has 0 aliphatic rings. The second-order valence-corrected chi connectivity index (χ2v) is 6.54. The van der Waals surface area contributed by atoms with Gasteiger partial charge in [0.1, 0.15) is 12.7 Å². The lowest BCUT2D eigenvalue weighted by Crippen LogP contribution is -2.30. The topological polar surface area (TPSA) is 84.7 Å². The summed E-state index contributed by atoms with van der Waals surface area (Å²) in [6, 6.07) is 8.25.